The molecule has 0 saturated carbocycles. The zero-order valence-electron chi connectivity index (χ0n) is 15.8. The first kappa shape index (κ1) is 18.3. The average molecular weight is 391 g/mol. The van der Waals surface area contributed by atoms with Crippen molar-refractivity contribution in [2.75, 3.05) is 18.4 Å². The third-order valence-electron chi connectivity index (χ3n) is 4.60. The zero-order chi connectivity index (χ0) is 19.5. The quantitative estimate of drug-likeness (QED) is 0.636. The van der Waals surface area contributed by atoms with Crippen molar-refractivity contribution in [2.45, 2.75) is 13.8 Å². The molecule has 0 bridgehead atoms. The lowest BCUT2D eigenvalue weighted by Gasteiger charge is -2.23. The molecular formula is C22H21N3O2S. The van der Waals surface area contributed by atoms with Crippen molar-refractivity contribution in [1.29, 1.82) is 0 Å². The van der Waals surface area contributed by atoms with Gasteiger partial charge in [0.25, 0.3) is 5.91 Å². The number of para-hydroxylation sites is 2. The lowest BCUT2D eigenvalue weighted by atomic mass is 10.1. The maximum absolute atomic E-state index is 12.4. The molecule has 1 amide bonds. The number of aliphatic imine (C=N–C) groups is 1. The van der Waals surface area contributed by atoms with Crippen LogP contribution in [0.5, 0.6) is 11.5 Å². The molecule has 3 aromatic rings. The monoisotopic (exact) mass is 391 g/mol. The van der Waals surface area contributed by atoms with E-state index >= 15 is 0 Å². The van der Waals surface area contributed by atoms with Crippen LogP contribution < -0.4 is 10.1 Å². The van der Waals surface area contributed by atoms with Gasteiger partial charge in [-0.05, 0) is 55.6 Å². The molecule has 0 spiro atoms. The number of anilines is 1. The Bertz CT molecular complexity index is 1020. The molecule has 28 heavy (non-hydrogen) atoms. The van der Waals surface area contributed by atoms with Gasteiger partial charge in [-0.25, -0.2) is 4.99 Å². The normalized spacial score (nSPS) is 12.1. The first-order chi connectivity index (χ1) is 13.7. The molecule has 6 heteroatoms. The van der Waals surface area contributed by atoms with Gasteiger partial charge in [0.05, 0.1) is 10.4 Å². The third-order valence-corrected chi connectivity index (χ3v) is 5.47. The number of rotatable bonds is 4. The van der Waals surface area contributed by atoms with E-state index in [1.165, 1.54) is 11.3 Å². The van der Waals surface area contributed by atoms with Gasteiger partial charge in [0, 0.05) is 18.8 Å². The van der Waals surface area contributed by atoms with Crippen molar-refractivity contribution in [2.24, 2.45) is 4.99 Å². The molecule has 0 fully saturated rings. The fraction of sp³-hybridized carbons (Fsp3) is 0.182. The summed E-state index contributed by atoms with van der Waals surface area (Å²) in [6, 6.07) is 17.1. The SMILES string of the molecule is CCN(CC)C1=Nc2ccccc2Oc2ccc(NC(=O)c3cccs3)cc21. The van der Waals surface area contributed by atoms with E-state index in [0.29, 0.717) is 10.6 Å². The maximum atomic E-state index is 12.4. The van der Waals surface area contributed by atoms with E-state index in [-0.39, 0.29) is 5.91 Å². The van der Waals surface area contributed by atoms with Crippen LogP contribution >= 0.6 is 11.3 Å². The van der Waals surface area contributed by atoms with E-state index in [1.54, 1.807) is 0 Å². The number of benzene rings is 2. The Balaban J connectivity index is 1.76. The molecule has 1 N–H and O–H groups in total. The Morgan fingerprint density at radius 1 is 1.07 bits per heavy atom. The molecule has 0 aliphatic carbocycles. The number of carbonyl (C=O) groups is 1. The largest absolute Gasteiger partial charge is 0.454 e. The van der Waals surface area contributed by atoms with E-state index < -0.39 is 0 Å². The van der Waals surface area contributed by atoms with Crippen LogP contribution in [0, 0.1) is 0 Å². The Morgan fingerprint density at radius 2 is 1.89 bits per heavy atom. The summed E-state index contributed by atoms with van der Waals surface area (Å²) in [5, 5.41) is 4.86. The minimum absolute atomic E-state index is 0.117. The summed E-state index contributed by atoms with van der Waals surface area (Å²) < 4.78 is 6.15. The standard InChI is InChI=1S/C22H21N3O2S/c1-3-25(4-2)21-16-14-15(23-22(26)20-10-7-13-28-20)11-12-18(16)27-19-9-6-5-8-17(19)24-21/h5-14H,3-4H2,1-2H3,(H,23,26). The van der Waals surface area contributed by atoms with Crippen molar-refractivity contribution in [3.63, 3.8) is 0 Å². The molecule has 142 valence electrons. The van der Waals surface area contributed by atoms with Gasteiger partial charge in [-0.3, -0.25) is 4.79 Å². The lowest BCUT2D eigenvalue weighted by Crippen LogP contribution is -2.31. The Morgan fingerprint density at radius 3 is 2.64 bits per heavy atom. The number of carbonyl (C=O) groups excluding carboxylic acids is 1. The number of amides is 1. The second kappa shape index (κ2) is 7.86. The van der Waals surface area contributed by atoms with Gasteiger partial charge in [0.1, 0.15) is 17.3 Å². The fourth-order valence-electron chi connectivity index (χ4n) is 3.16. The Hall–Kier alpha value is -3.12. The molecule has 1 aliphatic rings. The predicted molar refractivity (Wildman–Crippen MR) is 114 cm³/mol. The Labute approximate surface area is 168 Å². The molecule has 0 radical (unpaired) electrons. The van der Waals surface area contributed by atoms with Crippen molar-refractivity contribution in [1.82, 2.24) is 4.90 Å². The predicted octanol–water partition coefficient (Wildman–Crippen LogP) is 5.53. The minimum atomic E-state index is -0.117. The van der Waals surface area contributed by atoms with E-state index in [1.807, 2.05) is 60.0 Å². The summed E-state index contributed by atoms with van der Waals surface area (Å²) in [5.41, 5.74) is 2.38. The summed E-state index contributed by atoms with van der Waals surface area (Å²) in [7, 11) is 0. The molecule has 0 unspecified atom stereocenters. The van der Waals surface area contributed by atoms with Gasteiger partial charge in [-0.15, -0.1) is 11.3 Å². The summed E-state index contributed by atoms with van der Waals surface area (Å²) in [5.74, 6) is 2.18. The number of hydrogen-bond acceptors (Lipinski definition) is 5. The van der Waals surface area contributed by atoms with Gasteiger partial charge in [-0.1, -0.05) is 18.2 Å². The first-order valence-corrected chi connectivity index (χ1v) is 10.2. The van der Waals surface area contributed by atoms with E-state index in [2.05, 4.69) is 24.1 Å². The first-order valence-electron chi connectivity index (χ1n) is 9.29. The minimum Gasteiger partial charge on any atom is -0.454 e. The highest BCUT2D eigenvalue weighted by Gasteiger charge is 2.22. The second-order valence-electron chi connectivity index (χ2n) is 6.32. The summed E-state index contributed by atoms with van der Waals surface area (Å²) in [4.78, 5) is 20.2. The van der Waals surface area contributed by atoms with Crippen LogP contribution in [0.15, 0.2) is 65.0 Å². The number of amidine groups is 1. The van der Waals surface area contributed by atoms with Gasteiger partial charge >= 0.3 is 0 Å². The molecule has 5 nitrogen and oxygen atoms in total. The van der Waals surface area contributed by atoms with E-state index in [4.69, 9.17) is 9.73 Å². The highest BCUT2D eigenvalue weighted by atomic mass is 32.1. The molecule has 4 rings (SSSR count). The molecule has 2 heterocycles. The van der Waals surface area contributed by atoms with Crippen LogP contribution in [0.3, 0.4) is 0 Å². The summed E-state index contributed by atoms with van der Waals surface area (Å²) >= 11 is 1.42. The van der Waals surface area contributed by atoms with Gasteiger partial charge in [-0.2, -0.15) is 0 Å². The third kappa shape index (κ3) is 3.51. The lowest BCUT2D eigenvalue weighted by molar-refractivity contribution is 0.103. The maximum Gasteiger partial charge on any atom is 0.265 e. The molecule has 1 aromatic heterocycles. The van der Waals surface area contributed by atoms with Crippen molar-refractivity contribution < 1.29 is 9.53 Å². The van der Waals surface area contributed by atoms with Gasteiger partial charge in [0.15, 0.2) is 5.75 Å². The van der Waals surface area contributed by atoms with Gasteiger partial charge < -0.3 is 15.0 Å². The second-order valence-corrected chi connectivity index (χ2v) is 7.27. The average Bonchev–Trinajstić information content (AvgIpc) is 3.20. The van der Waals surface area contributed by atoms with Crippen molar-refractivity contribution in [3.05, 3.63) is 70.4 Å². The highest BCUT2D eigenvalue weighted by molar-refractivity contribution is 7.12. The van der Waals surface area contributed by atoms with Gasteiger partial charge in [0.2, 0.25) is 0 Å². The molecule has 0 atom stereocenters. The highest BCUT2D eigenvalue weighted by Crippen LogP contribution is 2.38. The fourth-order valence-corrected chi connectivity index (χ4v) is 3.78. The van der Waals surface area contributed by atoms with E-state index in [0.717, 1.165) is 41.7 Å². The number of thiophene rings is 1. The van der Waals surface area contributed by atoms with E-state index in [9.17, 15) is 4.79 Å². The number of hydrogen-bond donors (Lipinski definition) is 1. The van der Waals surface area contributed by atoms with Crippen LogP contribution in [-0.4, -0.2) is 29.7 Å². The van der Waals surface area contributed by atoms with Crippen LogP contribution in [0.1, 0.15) is 29.1 Å². The summed E-state index contributed by atoms with van der Waals surface area (Å²) in [6.07, 6.45) is 0. The van der Waals surface area contributed by atoms with Crippen molar-refractivity contribution >= 4 is 34.5 Å². The Kier molecular flexibility index (Phi) is 5.12. The topological polar surface area (TPSA) is 53.9 Å². The van der Waals surface area contributed by atoms with Crippen LogP contribution in [-0.2, 0) is 0 Å². The number of fused-ring (bicyclic) bond motifs is 2. The van der Waals surface area contributed by atoms with Crippen LogP contribution in [0.4, 0.5) is 11.4 Å². The number of ether oxygens (including phenoxy) is 1. The van der Waals surface area contributed by atoms with Crippen LogP contribution in [0.25, 0.3) is 0 Å². The number of nitrogens with zero attached hydrogens (tertiary/aromatic N) is 2. The molecule has 2 aromatic carbocycles. The molecular weight excluding hydrogens is 370 g/mol. The summed E-state index contributed by atoms with van der Waals surface area (Å²) in [6.45, 7) is 5.85. The zero-order valence-corrected chi connectivity index (χ0v) is 16.6. The van der Waals surface area contributed by atoms with Crippen LogP contribution in [0.2, 0.25) is 0 Å². The van der Waals surface area contributed by atoms with Crippen molar-refractivity contribution in [3.8, 4) is 11.5 Å². The molecule has 1 aliphatic heterocycles. The smallest absolute Gasteiger partial charge is 0.265 e. The number of nitrogens with one attached hydrogen (secondary N) is 1. The molecule has 0 saturated heterocycles.